The van der Waals surface area contributed by atoms with Gasteiger partial charge in [0.15, 0.2) is 0 Å². The normalized spacial score (nSPS) is 10.2. The zero-order valence-electron chi connectivity index (χ0n) is 12.5. The Kier molecular flexibility index (Phi) is 5.24. The molecule has 0 saturated heterocycles. The van der Waals surface area contributed by atoms with E-state index in [-0.39, 0.29) is 23.6 Å². The number of halogens is 1. The number of amides is 1. The zero-order valence-corrected chi connectivity index (χ0v) is 12.5. The smallest absolute Gasteiger partial charge is 0.293 e. The van der Waals surface area contributed by atoms with E-state index in [1.54, 1.807) is 25.2 Å². The van der Waals surface area contributed by atoms with Gasteiger partial charge in [0.25, 0.3) is 11.6 Å². The fraction of sp³-hybridized carbons (Fsp3) is 0.188. The van der Waals surface area contributed by atoms with Gasteiger partial charge in [-0.15, -0.1) is 0 Å². The Bertz CT molecular complexity index is 734. The first kappa shape index (κ1) is 16.4. The average Bonchev–Trinajstić information content (AvgIpc) is 2.55. The minimum absolute atomic E-state index is 0.172. The molecule has 2 aromatic rings. The van der Waals surface area contributed by atoms with Crippen LogP contribution in [0.4, 0.5) is 15.8 Å². The predicted octanol–water partition coefficient (Wildman–Crippen LogP) is 2.75. The summed E-state index contributed by atoms with van der Waals surface area (Å²) < 4.78 is 13.5. The highest BCUT2D eigenvalue weighted by Crippen LogP contribution is 2.24. The van der Waals surface area contributed by atoms with Gasteiger partial charge in [-0.1, -0.05) is 18.2 Å². The van der Waals surface area contributed by atoms with Gasteiger partial charge in [-0.25, -0.2) is 4.39 Å². The van der Waals surface area contributed by atoms with Crippen LogP contribution in [0.1, 0.15) is 15.9 Å². The van der Waals surface area contributed by atoms with E-state index in [2.05, 4.69) is 10.6 Å². The van der Waals surface area contributed by atoms with Crippen LogP contribution >= 0.6 is 0 Å². The molecule has 0 aliphatic carbocycles. The van der Waals surface area contributed by atoms with Crippen LogP contribution in [0.3, 0.4) is 0 Å². The summed E-state index contributed by atoms with van der Waals surface area (Å²) in [6, 6.07) is 10.5. The lowest BCUT2D eigenvalue weighted by Crippen LogP contribution is -2.26. The Morgan fingerprint density at radius 2 is 2.00 bits per heavy atom. The topological polar surface area (TPSA) is 84.3 Å². The molecule has 0 heterocycles. The zero-order chi connectivity index (χ0) is 16.8. The summed E-state index contributed by atoms with van der Waals surface area (Å²) in [5, 5.41) is 16.3. The third-order valence-corrected chi connectivity index (χ3v) is 3.36. The summed E-state index contributed by atoms with van der Waals surface area (Å²) in [7, 11) is 1.57. The molecule has 1 amide bonds. The molecular formula is C16H16FN3O3. The van der Waals surface area contributed by atoms with E-state index in [0.717, 1.165) is 0 Å². The fourth-order valence-corrected chi connectivity index (χ4v) is 2.15. The Balaban J connectivity index is 2.02. The number of nitro benzene ring substituents is 1. The summed E-state index contributed by atoms with van der Waals surface area (Å²) in [5.74, 6) is -0.761. The Labute approximate surface area is 132 Å². The number of nitro groups is 1. The van der Waals surface area contributed by atoms with E-state index in [1.165, 1.54) is 24.3 Å². The summed E-state index contributed by atoms with van der Waals surface area (Å²) in [4.78, 5) is 22.5. The molecule has 0 bridgehead atoms. The van der Waals surface area contributed by atoms with Gasteiger partial charge in [0.05, 0.1) is 4.92 Å². The van der Waals surface area contributed by atoms with Gasteiger partial charge < -0.3 is 10.6 Å². The number of nitrogens with one attached hydrogen (secondary N) is 2. The highest BCUT2D eigenvalue weighted by atomic mass is 19.1. The van der Waals surface area contributed by atoms with Gasteiger partial charge in [-0.05, 0) is 30.2 Å². The van der Waals surface area contributed by atoms with Gasteiger partial charge in [0.1, 0.15) is 11.5 Å². The first-order valence-corrected chi connectivity index (χ1v) is 7.00. The van der Waals surface area contributed by atoms with Crippen LogP contribution in [-0.2, 0) is 6.42 Å². The molecule has 23 heavy (non-hydrogen) atoms. The maximum absolute atomic E-state index is 13.5. The standard InChI is InChI=1S/C16H16FN3O3/c1-18-14-7-6-12(10-15(14)20(22)23)16(21)19-9-8-11-4-2-3-5-13(11)17/h2-7,10,18H,8-9H2,1H3,(H,19,21). The van der Waals surface area contributed by atoms with Crippen molar-refractivity contribution in [3.8, 4) is 0 Å². The van der Waals surface area contributed by atoms with Crippen LogP contribution in [0.15, 0.2) is 42.5 Å². The van der Waals surface area contributed by atoms with Crippen LogP contribution in [-0.4, -0.2) is 24.4 Å². The van der Waals surface area contributed by atoms with Crippen molar-refractivity contribution in [3.05, 3.63) is 69.5 Å². The molecule has 0 aliphatic rings. The van der Waals surface area contributed by atoms with Crippen LogP contribution in [0.5, 0.6) is 0 Å². The summed E-state index contributed by atoms with van der Waals surface area (Å²) >= 11 is 0. The monoisotopic (exact) mass is 317 g/mol. The van der Waals surface area contributed by atoms with E-state index >= 15 is 0 Å². The van der Waals surface area contributed by atoms with Gasteiger partial charge >= 0.3 is 0 Å². The molecular weight excluding hydrogens is 301 g/mol. The van der Waals surface area contributed by atoms with Crippen molar-refractivity contribution in [3.63, 3.8) is 0 Å². The van der Waals surface area contributed by atoms with Gasteiger partial charge in [-0.2, -0.15) is 0 Å². The highest BCUT2D eigenvalue weighted by Gasteiger charge is 2.16. The van der Waals surface area contributed by atoms with Crippen LogP contribution < -0.4 is 10.6 Å². The minimum atomic E-state index is -0.554. The number of hydrogen-bond acceptors (Lipinski definition) is 4. The van der Waals surface area contributed by atoms with E-state index in [0.29, 0.717) is 17.7 Å². The number of benzene rings is 2. The number of carbonyl (C=O) groups excluding carboxylic acids is 1. The van der Waals surface area contributed by atoms with Crippen molar-refractivity contribution in [1.82, 2.24) is 5.32 Å². The Hall–Kier alpha value is -2.96. The van der Waals surface area contributed by atoms with Crippen molar-refractivity contribution in [2.75, 3.05) is 18.9 Å². The first-order chi connectivity index (χ1) is 11.0. The lowest BCUT2D eigenvalue weighted by atomic mass is 10.1. The Morgan fingerprint density at radius 3 is 2.65 bits per heavy atom. The van der Waals surface area contributed by atoms with E-state index in [4.69, 9.17) is 0 Å². The second-order valence-electron chi connectivity index (χ2n) is 4.84. The van der Waals surface area contributed by atoms with Crippen molar-refractivity contribution in [2.45, 2.75) is 6.42 Å². The number of carbonyl (C=O) groups is 1. The predicted molar refractivity (Wildman–Crippen MR) is 85.1 cm³/mol. The second-order valence-corrected chi connectivity index (χ2v) is 4.84. The average molecular weight is 317 g/mol. The van der Waals surface area contributed by atoms with Gasteiger partial charge in [0, 0.05) is 25.2 Å². The number of nitrogens with zero attached hydrogens (tertiary/aromatic N) is 1. The number of anilines is 1. The molecule has 0 aliphatic heterocycles. The lowest BCUT2D eigenvalue weighted by molar-refractivity contribution is -0.384. The molecule has 120 valence electrons. The minimum Gasteiger partial charge on any atom is -0.383 e. The summed E-state index contributed by atoms with van der Waals surface area (Å²) in [6.45, 7) is 0.237. The van der Waals surface area contributed by atoms with Crippen LogP contribution in [0, 0.1) is 15.9 Å². The summed E-state index contributed by atoms with van der Waals surface area (Å²) in [6.07, 6.45) is 0.342. The maximum Gasteiger partial charge on any atom is 0.293 e. The number of hydrogen-bond donors (Lipinski definition) is 2. The largest absolute Gasteiger partial charge is 0.383 e. The molecule has 0 unspecified atom stereocenters. The molecule has 0 fully saturated rings. The molecule has 7 heteroatoms. The molecule has 6 nitrogen and oxygen atoms in total. The first-order valence-electron chi connectivity index (χ1n) is 7.00. The van der Waals surface area contributed by atoms with E-state index < -0.39 is 10.8 Å². The maximum atomic E-state index is 13.5. The molecule has 2 N–H and O–H groups in total. The quantitative estimate of drug-likeness (QED) is 0.634. The third kappa shape index (κ3) is 4.03. The van der Waals surface area contributed by atoms with Crippen LogP contribution in [0.2, 0.25) is 0 Å². The molecule has 2 aromatic carbocycles. The third-order valence-electron chi connectivity index (χ3n) is 3.36. The Morgan fingerprint density at radius 1 is 1.26 bits per heavy atom. The highest BCUT2D eigenvalue weighted by molar-refractivity contribution is 5.95. The van der Waals surface area contributed by atoms with E-state index in [1.807, 2.05) is 0 Å². The second kappa shape index (κ2) is 7.35. The summed E-state index contributed by atoms with van der Waals surface area (Å²) in [5.41, 5.74) is 0.848. The molecule has 0 aromatic heterocycles. The lowest BCUT2D eigenvalue weighted by Gasteiger charge is -2.07. The van der Waals surface area contributed by atoms with Crippen LogP contribution in [0.25, 0.3) is 0 Å². The number of rotatable bonds is 6. The van der Waals surface area contributed by atoms with Crippen molar-refractivity contribution in [2.24, 2.45) is 0 Å². The fourth-order valence-electron chi connectivity index (χ4n) is 2.15. The van der Waals surface area contributed by atoms with Gasteiger partial charge in [-0.3, -0.25) is 14.9 Å². The van der Waals surface area contributed by atoms with Crippen molar-refractivity contribution < 1.29 is 14.1 Å². The molecule has 0 atom stereocenters. The molecule has 0 spiro atoms. The molecule has 0 saturated carbocycles. The van der Waals surface area contributed by atoms with Crippen molar-refractivity contribution in [1.29, 1.82) is 0 Å². The SMILES string of the molecule is CNc1ccc(C(=O)NCCc2ccccc2F)cc1[N+](=O)[O-]. The van der Waals surface area contributed by atoms with E-state index in [9.17, 15) is 19.3 Å². The van der Waals surface area contributed by atoms with Gasteiger partial charge in [0.2, 0.25) is 0 Å². The molecule has 2 rings (SSSR count). The molecule has 0 radical (unpaired) electrons. The van der Waals surface area contributed by atoms with Crippen molar-refractivity contribution >= 4 is 17.3 Å².